The molecule has 1 spiro atoms. The van der Waals surface area contributed by atoms with Crippen LogP contribution >= 0.6 is 0 Å². The molecule has 0 atom stereocenters. The molecule has 364 valence electrons. The van der Waals surface area contributed by atoms with Gasteiger partial charge in [0.05, 0.1) is 11.1 Å². The van der Waals surface area contributed by atoms with E-state index in [1.807, 2.05) is 0 Å². The Hall–Kier alpha value is -7.56. The van der Waals surface area contributed by atoms with Crippen molar-refractivity contribution < 1.29 is 4.42 Å². The average Bonchev–Trinajstić information content (AvgIpc) is 4.15. The van der Waals surface area contributed by atoms with Crippen LogP contribution in [-0.2, 0) is 27.1 Å². The third-order valence-corrected chi connectivity index (χ3v) is 19.8. The molecule has 75 heavy (non-hydrogen) atoms. The molecule has 0 fully saturated rings. The van der Waals surface area contributed by atoms with E-state index in [0.717, 1.165) is 30.4 Å². The van der Waals surface area contributed by atoms with Crippen molar-refractivity contribution in [3.8, 4) is 33.4 Å². The number of hydrogen-bond donors (Lipinski definition) is 0. The maximum Gasteiger partial charge on any atom is 0.333 e. The molecule has 10 aromatic rings. The smallest absolute Gasteiger partial charge is 0.333 e. The summed E-state index contributed by atoms with van der Waals surface area (Å²) in [5.74, 6) is 0. The van der Waals surface area contributed by atoms with Gasteiger partial charge in [-0.3, -0.25) is 0 Å². The molecule has 0 N–H and O–H groups in total. The summed E-state index contributed by atoms with van der Waals surface area (Å²) >= 11 is 0. The lowest BCUT2D eigenvalue weighted by Gasteiger charge is -2.51. The van der Waals surface area contributed by atoms with Crippen LogP contribution in [0.25, 0.3) is 55.3 Å². The van der Waals surface area contributed by atoms with Crippen molar-refractivity contribution >= 4 is 68.1 Å². The normalized spacial score (nSPS) is 18.6. The molecule has 4 heteroatoms. The minimum Gasteiger partial charge on any atom is -0.456 e. The number of benzene rings is 9. The summed E-state index contributed by atoms with van der Waals surface area (Å²) in [5.41, 5.74) is 29.2. The first-order valence-corrected chi connectivity index (χ1v) is 27.6. The molecule has 0 unspecified atom stereocenters. The highest BCUT2D eigenvalue weighted by Crippen LogP contribution is 2.64. The first-order chi connectivity index (χ1) is 36.2. The summed E-state index contributed by atoms with van der Waals surface area (Å²) in [7, 11) is 0. The SMILES string of the molecule is CC1(C)CCC(C)(C)c2cc(N3B4c5cccc6c5N(c5ccccc5C65c6ccccc6-c6ccccc65)c5cc(-c6ccccc6)cc(c54)-c4cc5c(cc43)oc3cc4c(cc35)C(C)(C)CCC4(C)C)ccc21. The lowest BCUT2D eigenvalue weighted by molar-refractivity contribution is 0.332. The number of nitrogens with zero attached hydrogens (tertiary/aromatic N) is 2. The third kappa shape index (κ3) is 5.58. The highest BCUT2D eigenvalue weighted by atomic mass is 16.3. The second-order valence-corrected chi connectivity index (χ2v) is 25.7. The van der Waals surface area contributed by atoms with Gasteiger partial charge in [0.15, 0.2) is 0 Å². The van der Waals surface area contributed by atoms with Crippen LogP contribution in [0.4, 0.5) is 28.4 Å². The van der Waals surface area contributed by atoms with Crippen molar-refractivity contribution in [3.05, 3.63) is 220 Å². The fourth-order valence-corrected chi connectivity index (χ4v) is 15.6. The van der Waals surface area contributed by atoms with Crippen LogP contribution in [0.1, 0.15) is 126 Å². The van der Waals surface area contributed by atoms with Crippen molar-refractivity contribution in [3.63, 3.8) is 0 Å². The first-order valence-electron chi connectivity index (χ1n) is 27.6. The van der Waals surface area contributed by atoms with Crippen LogP contribution < -0.4 is 20.6 Å². The molecule has 3 nitrogen and oxygen atoms in total. The molecule has 6 aliphatic rings. The average molecular weight is 969 g/mol. The largest absolute Gasteiger partial charge is 0.456 e. The van der Waals surface area contributed by atoms with Gasteiger partial charge in [-0.05, 0) is 179 Å². The summed E-state index contributed by atoms with van der Waals surface area (Å²) in [6.45, 7) is 19.4. The Bertz CT molecular complexity index is 4120. The summed E-state index contributed by atoms with van der Waals surface area (Å²) in [5, 5.41) is 2.39. The molecule has 0 saturated heterocycles. The van der Waals surface area contributed by atoms with E-state index in [1.54, 1.807) is 0 Å². The van der Waals surface area contributed by atoms with Crippen LogP contribution in [0.3, 0.4) is 0 Å². The molecule has 16 rings (SSSR count). The molecular formula is C71H61BN2O. The molecule has 0 bridgehead atoms. The number of fused-ring (bicyclic) bond motifs is 18. The lowest BCUT2D eigenvalue weighted by Crippen LogP contribution is -2.62. The molecule has 1 aromatic heterocycles. The van der Waals surface area contributed by atoms with E-state index >= 15 is 0 Å². The van der Waals surface area contributed by atoms with E-state index in [0.29, 0.717) is 0 Å². The second kappa shape index (κ2) is 14.4. The zero-order chi connectivity index (χ0) is 50.7. The zero-order valence-electron chi connectivity index (χ0n) is 44.5. The van der Waals surface area contributed by atoms with Gasteiger partial charge in [-0.1, -0.05) is 177 Å². The van der Waals surface area contributed by atoms with Gasteiger partial charge in [0, 0.05) is 45.2 Å². The predicted octanol–water partition coefficient (Wildman–Crippen LogP) is 17.3. The Morgan fingerprint density at radius 1 is 0.387 bits per heavy atom. The Morgan fingerprint density at radius 3 is 1.67 bits per heavy atom. The van der Waals surface area contributed by atoms with Crippen molar-refractivity contribution in [2.75, 3.05) is 9.71 Å². The van der Waals surface area contributed by atoms with Crippen molar-refractivity contribution in [1.82, 2.24) is 0 Å². The van der Waals surface area contributed by atoms with Crippen LogP contribution in [0.5, 0.6) is 0 Å². The first kappa shape index (κ1) is 43.8. The fourth-order valence-electron chi connectivity index (χ4n) is 15.6. The lowest BCUT2D eigenvalue weighted by atomic mass is 9.42. The summed E-state index contributed by atoms with van der Waals surface area (Å²) in [6.07, 6.45) is 4.64. The van der Waals surface area contributed by atoms with Crippen molar-refractivity contribution in [2.45, 2.75) is 108 Å². The van der Waals surface area contributed by atoms with Crippen LogP contribution in [0.15, 0.2) is 180 Å². The van der Waals surface area contributed by atoms with Gasteiger partial charge in [0.1, 0.15) is 11.2 Å². The highest BCUT2D eigenvalue weighted by Gasteiger charge is 2.56. The minimum absolute atomic E-state index is 0.0190. The van der Waals surface area contributed by atoms with Gasteiger partial charge < -0.3 is 14.1 Å². The van der Waals surface area contributed by atoms with Crippen LogP contribution in [-0.4, -0.2) is 6.85 Å². The quantitative estimate of drug-likeness (QED) is 0.161. The maximum absolute atomic E-state index is 7.24. The molecular weight excluding hydrogens is 908 g/mol. The number of furan rings is 1. The monoisotopic (exact) mass is 968 g/mol. The van der Waals surface area contributed by atoms with E-state index in [9.17, 15) is 0 Å². The molecule has 0 amide bonds. The molecule has 0 saturated carbocycles. The van der Waals surface area contributed by atoms with Gasteiger partial charge in [-0.15, -0.1) is 0 Å². The molecule has 4 heterocycles. The number of anilines is 5. The summed E-state index contributed by atoms with van der Waals surface area (Å²) in [4.78, 5) is 5.42. The number of rotatable bonds is 2. The standard InChI is InChI=1S/C71H61BN2O/c1-67(2)31-32-68(3,4)56-37-44(29-30-53(56)67)74-61-41-64-48(49-39-57-58(40-63(49)75-64)70(7,8)34-33-69(57,5)6)38-47(61)50-35-43(42-19-10-9-11-20-42)36-62-65(50)72(74)59-27-18-26-55-66(59)73(62)60-28-17-16-25-54(60)71(55)51-23-14-12-21-45(51)46-22-13-15-24-52(46)71/h9-30,35-41H,31-34H2,1-8H3. The summed E-state index contributed by atoms with van der Waals surface area (Å²) in [6, 6.07) is 68.5. The molecule has 9 aromatic carbocycles. The van der Waals surface area contributed by atoms with Gasteiger partial charge in [0.25, 0.3) is 0 Å². The predicted molar refractivity (Wildman–Crippen MR) is 314 cm³/mol. The number of para-hydroxylation sites is 2. The topological polar surface area (TPSA) is 19.6 Å². The van der Waals surface area contributed by atoms with Gasteiger partial charge in [-0.2, -0.15) is 0 Å². The third-order valence-electron chi connectivity index (χ3n) is 19.8. The Kier molecular flexibility index (Phi) is 8.43. The fraction of sp³-hybridized carbons (Fsp3) is 0.239. The molecule has 0 radical (unpaired) electrons. The molecule has 3 aliphatic heterocycles. The Balaban J connectivity index is 1.05. The molecule has 3 aliphatic carbocycles. The van der Waals surface area contributed by atoms with Gasteiger partial charge in [-0.25, -0.2) is 0 Å². The van der Waals surface area contributed by atoms with E-state index < -0.39 is 5.41 Å². The van der Waals surface area contributed by atoms with Crippen molar-refractivity contribution in [1.29, 1.82) is 0 Å². The van der Waals surface area contributed by atoms with Gasteiger partial charge >= 0.3 is 6.85 Å². The Morgan fingerprint density at radius 2 is 0.960 bits per heavy atom. The zero-order valence-corrected chi connectivity index (χ0v) is 44.5. The Labute approximate surface area is 442 Å². The second-order valence-electron chi connectivity index (χ2n) is 25.7. The van der Waals surface area contributed by atoms with E-state index in [4.69, 9.17) is 4.42 Å². The van der Waals surface area contributed by atoms with E-state index in [1.165, 1.54) is 134 Å². The van der Waals surface area contributed by atoms with Crippen molar-refractivity contribution in [2.24, 2.45) is 0 Å². The maximum atomic E-state index is 7.24. The van der Waals surface area contributed by atoms with Crippen LogP contribution in [0.2, 0.25) is 0 Å². The van der Waals surface area contributed by atoms with Gasteiger partial charge in [0.2, 0.25) is 0 Å². The number of hydrogen-bond acceptors (Lipinski definition) is 3. The highest BCUT2D eigenvalue weighted by molar-refractivity contribution is 6.93. The summed E-state index contributed by atoms with van der Waals surface area (Å²) < 4.78 is 7.24. The van der Waals surface area contributed by atoms with E-state index in [2.05, 4.69) is 241 Å². The van der Waals surface area contributed by atoms with E-state index in [-0.39, 0.29) is 28.5 Å². The minimum atomic E-state index is -0.537. The van der Waals surface area contributed by atoms with Crippen LogP contribution in [0, 0.1) is 0 Å².